The molecule has 0 heterocycles. The zero-order valence-corrected chi connectivity index (χ0v) is 12.2. The van der Waals surface area contributed by atoms with Crippen molar-refractivity contribution in [2.75, 3.05) is 39.8 Å². The monoisotopic (exact) mass is 266 g/mol. The van der Waals surface area contributed by atoms with Gasteiger partial charge in [0, 0.05) is 25.8 Å². The first-order chi connectivity index (χ1) is 8.92. The average Bonchev–Trinajstić information content (AvgIpc) is 2.44. The maximum atomic E-state index is 11.7. The fourth-order valence-electron chi connectivity index (χ4n) is 1.54. The van der Waals surface area contributed by atoms with Crippen LogP contribution in [0.2, 0.25) is 0 Å². The van der Waals surface area contributed by atoms with Gasteiger partial charge in [-0.25, -0.2) is 4.79 Å². The molecule has 0 spiro atoms. The average molecular weight is 266 g/mol. The summed E-state index contributed by atoms with van der Waals surface area (Å²) < 4.78 is 10.5. The Bertz CT molecular complexity index is 434. The molecule has 0 saturated carbocycles. The highest BCUT2D eigenvalue weighted by atomic mass is 16.5. The van der Waals surface area contributed by atoms with E-state index in [2.05, 4.69) is 5.32 Å². The van der Waals surface area contributed by atoms with E-state index < -0.39 is 5.54 Å². The van der Waals surface area contributed by atoms with Crippen LogP contribution in [0.3, 0.4) is 0 Å². The van der Waals surface area contributed by atoms with Gasteiger partial charge in [-0.2, -0.15) is 0 Å². The summed E-state index contributed by atoms with van der Waals surface area (Å²) in [6.45, 7) is 1.95. The van der Waals surface area contributed by atoms with Crippen molar-refractivity contribution >= 4 is 11.7 Å². The molecule has 0 radical (unpaired) electrons. The minimum absolute atomic E-state index is 0.201. The Hall–Kier alpha value is -1.75. The van der Waals surface area contributed by atoms with Gasteiger partial charge in [0.2, 0.25) is 0 Å². The summed E-state index contributed by atoms with van der Waals surface area (Å²) in [6, 6.07) is 7.69. The second kappa shape index (κ2) is 6.43. The minimum atomic E-state index is -0.858. The normalized spacial score (nSPS) is 13.5. The van der Waals surface area contributed by atoms with Gasteiger partial charge in [-0.05, 0) is 26.1 Å². The molecule has 0 saturated heterocycles. The highest BCUT2D eigenvalue weighted by Crippen LogP contribution is 2.20. The van der Waals surface area contributed by atoms with E-state index in [1.165, 1.54) is 7.11 Å². The van der Waals surface area contributed by atoms with Crippen molar-refractivity contribution < 1.29 is 14.3 Å². The van der Waals surface area contributed by atoms with Crippen molar-refractivity contribution in [3.8, 4) is 5.75 Å². The lowest BCUT2D eigenvalue weighted by Gasteiger charge is -2.26. The fourth-order valence-corrected chi connectivity index (χ4v) is 1.54. The molecular weight excluding hydrogens is 244 g/mol. The standard InChI is InChI=1S/C14H22N2O3/c1-14(15-2,13(17)18-5)10-19-12-8-6-7-11(9-12)16(3)4/h6-9,15H,10H2,1-5H3. The van der Waals surface area contributed by atoms with Crippen LogP contribution >= 0.6 is 0 Å². The van der Waals surface area contributed by atoms with Gasteiger partial charge in [0.25, 0.3) is 0 Å². The smallest absolute Gasteiger partial charge is 0.329 e. The first-order valence-corrected chi connectivity index (χ1v) is 6.10. The summed E-state index contributed by atoms with van der Waals surface area (Å²) in [6.07, 6.45) is 0. The van der Waals surface area contributed by atoms with Crippen LogP contribution in [0.4, 0.5) is 5.69 Å². The molecule has 0 aromatic heterocycles. The molecule has 19 heavy (non-hydrogen) atoms. The zero-order valence-electron chi connectivity index (χ0n) is 12.2. The predicted molar refractivity (Wildman–Crippen MR) is 75.7 cm³/mol. The van der Waals surface area contributed by atoms with Crippen molar-refractivity contribution in [1.29, 1.82) is 0 Å². The van der Waals surface area contributed by atoms with E-state index in [4.69, 9.17) is 9.47 Å². The predicted octanol–water partition coefficient (Wildman–Crippen LogP) is 1.28. The van der Waals surface area contributed by atoms with E-state index >= 15 is 0 Å². The summed E-state index contributed by atoms with van der Waals surface area (Å²) in [5.41, 5.74) is 0.185. The molecular formula is C14H22N2O3. The lowest BCUT2D eigenvalue weighted by Crippen LogP contribution is -2.52. The Labute approximate surface area is 114 Å². The number of methoxy groups -OCH3 is 1. The van der Waals surface area contributed by atoms with E-state index in [1.807, 2.05) is 43.3 Å². The number of rotatable bonds is 6. The molecule has 106 valence electrons. The third-order valence-corrected chi connectivity index (χ3v) is 3.05. The second-order valence-electron chi connectivity index (χ2n) is 4.75. The number of anilines is 1. The third kappa shape index (κ3) is 3.86. The highest BCUT2D eigenvalue weighted by molar-refractivity contribution is 5.80. The third-order valence-electron chi connectivity index (χ3n) is 3.05. The fraction of sp³-hybridized carbons (Fsp3) is 0.500. The largest absolute Gasteiger partial charge is 0.491 e. The number of benzene rings is 1. The van der Waals surface area contributed by atoms with Crippen molar-refractivity contribution in [2.45, 2.75) is 12.5 Å². The Morgan fingerprint density at radius 2 is 2.11 bits per heavy atom. The molecule has 5 heteroatoms. The molecule has 0 fully saturated rings. The number of nitrogens with one attached hydrogen (secondary N) is 1. The van der Waals surface area contributed by atoms with Gasteiger partial charge in [-0.3, -0.25) is 0 Å². The van der Waals surface area contributed by atoms with Crippen molar-refractivity contribution in [3.05, 3.63) is 24.3 Å². The minimum Gasteiger partial charge on any atom is -0.491 e. The topological polar surface area (TPSA) is 50.8 Å². The number of hydrogen-bond donors (Lipinski definition) is 1. The number of ether oxygens (including phenoxy) is 2. The van der Waals surface area contributed by atoms with Gasteiger partial charge >= 0.3 is 5.97 Å². The second-order valence-corrected chi connectivity index (χ2v) is 4.75. The van der Waals surface area contributed by atoms with Crippen LogP contribution < -0.4 is 15.0 Å². The summed E-state index contributed by atoms with van der Waals surface area (Å²) in [4.78, 5) is 13.7. The van der Waals surface area contributed by atoms with Crippen LogP contribution in [-0.4, -0.2) is 46.4 Å². The van der Waals surface area contributed by atoms with Gasteiger partial charge in [-0.15, -0.1) is 0 Å². The van der Waals surface area contributed by atoms with Gasteiger partial charge in [0.15, 0.2) is 0 Å². The SMILES string of the molecule is CNC(C)(COc1cccc(N(C)C)c1)C(=O)OC. The molecule has 0 aliphatic rings. The number of esters is 1. The van der Waals surface area contributed by atoms with Crippen molar-refractivity contribution in [2.24, 2.45) is 0 Å². The van der Waals surface area contributed by atoms with E-state index in [0.717, 1.165) is 11.4 Å². The van der Waals surface area contributed by atoms with Crippen LogP contribution in [0.5, 0.6) is 5.75 Å². The van der Waals surface area contributed by atoms with Crippen LogP contribution in [0, 0.1) is 0 Å². The number of hydrogen-bond acceptors (Lipinski definition) is 5. The van der Waals surface area contributed by atoms with E-state index in [-0.39, 0.29) is 12.6 Å². The quantitative estimate of drug-likeness (QED) is 0.786. The lowest BCUT2D eigenvalue weighted by atomic mass is 10.1. The molecule has 1 unspecified atom stereocenters. The summed E-state index contributed by atoms with van der Waals surface area (Å²) in [7, 11) is 7.00. The lowest BCUT2D eigenvalue weighted by molar-refractivity contribution is -0.148. The molecule has 1 rings (SSSR count). The van der Waals surface area contributed by atoms with Crippen LogP contribution in [0.1, 0.15) is 6.92 Å². The van der Waals surface area contributed by atoms with Gasteiger partial charge in [0.05, 0.1) is 7.11 Å². The van der Waals surface area contributed by atoms with Crippen LogP contribution in [0.25, 0.3) is 0 Å². The zero-order chi connectivity index (χ0) is 14.5. The molecule has 5 nitrogen and oxygen atoms in total. The first-order valence-electron chi connectivity index (χ1n) is 6.10. The number of likely N-dealkylation sites (N-methyl/N-ethyl adjacent to an activating group) is 1. The highest BCUT2D eigenvalue weighted by Gasteiger charge is 2.33. The molecule has 1 atom stereocenters. The van der Waals surface area contributed by atoms with Gasteiger partial charge in [-0.1, -0.05) is 6.07 Å². The van der Waals surface area contributed by atoms with Crippen LogP contribution in [0.15, 0.2) is 24.3 Å². The molecule has 0 aliphatic carbocycles. The summed E-state index contributed by atoms with van der Waals surface area (Å²) in [5, 5.41) is 2.93. The maximum Gasteiger partial charge on any atom is 0.329 e. The Balaban J connectivity index is 2.75. The van der Waals surface area contributed by atoms with E-state index in [9.17, 15) is 4.79 Å². The number of nitrogens with zero attached hydrogens (tertiary/aromatic N) is 1. The Kier molecular flexibility index (Phi) is 5.18. The molecule has 0 aliphatic heterocycles. The molecule has 1 N–H and O–H groups in total. The van der Waals surface area contributed by atoms with Crippen molar-refractivity contribution in [1.82, 2.24) is 5.32 Å². The number of carbonyl (C=O) groups is 1. The van der Waals surface area contributed by atoms with Gasteiger partial charge < -0.3 is 19.7 Å². The molecule has 1 aromatic carbocycles. The van der Waals surface area contributed by atoms with Crippen molar-refractivity contribution in [3.63, 3.8) is 0 Å². The Morgan fingerprint density at radius 3 is 2.63 bits per heavy atom. The van der Waals surface area contributed by atoms with E-state index in [1.54, 1.807) is 14.0 Å². The first kappa shape index (κ1) is 15.3. The maximum absolute atomic E-state index is 11.7. The van der Waals surface area contributed by atoms with E-state index in [0.29, 0.717) is 0 Å². The molecule has 1 aromatic rings. The summed E-state index contributed by atoms with van der Waals surface area (Å²) in [5.74, 6) is 0.371. The Morgan fingerprint density at radius 1 is 1.42 bits per heavy atom. The van der Waals surface area contributed by atoms with Gasteiger partial charge in [0.1, 0.15) is 17.9 Å². The van der Waals surface area contributed by atoms with Crippen LogP contribution in [-0.2, 0) is 9.53 Å². The molecule has 0 bridgehead atoms. The number of carbonyl (C=O) groups excluding carboxylic acids is 1. The molecule has 0 amide bonds. The summed E-state index contributed by atoms with van der Waals surface area (Å²) >= 11 is 0.